The van der Waals surface area contributed by atoms with Crippen LogP contribution in [0, 0.1) is 0 Å². The Morgan fingerprint density at radius 2 is 2.00 bits per heavy atom. The normalized spacial score (nSPS) is 11.6. The molecule has 0 atom stereocenters. The molecular formula is C12H11N5O3S3. The fourth-order valence-electron chi connectivity index (χ4n) is 1.67. The van der Waals surface area contributed by atoms with E-state index in [9.17, 15) is 8.42 Å². The minimum atomic E-state index is -3.26. The summed E-state index contributed by atoms with van der Waals surface area (Å²) in [6.07, 6.45) is 2.49. The molecule has 0 fully saturated rings. The van der Waals surface area contributed by atoms with Crippen molar-refractivity contribution in [3.63, 3.8) is 0 Å². The summed E-state index contributed by atoms with van der Waals surface area (Å²) in [6, 6.07) is 7.25. The van der Waals surface area contributed by atoms with E-state index in [-0.39, 0.29) is 4.21 Å². The molecule has 0 aliphatic carbocycles. The van der Waals surface area contributed by atoms with Crippen LogP contribution >= 0.6 is 23.1 Å². The third-order valence-electron chi connectivity index (χ3n) is 2.77. The zero-order chi connectivity index (χ0) is 16.4. The van der Waals surface area contributed by atoms with Gasteiger partial charge in [-0.1, -0.05) is 11.3 Å². The van der Waals surface area contributed by atoms with E-state index in [1.54, 1.807) is 23.9 Å². The van der Waals surface area contributed by atoms with Gasteiger partial charge in [0.2, 0.25) is 5.16 Å². The molecule has 1 aromatic carbocycles. The Morgan fingerprint density at radius 3 is 2.61 bits per heavy atom. The number of hydrogen-bond donors (Lipinski definition) is 0. The van der Waals surface area contributed by atoms with Crippen LogP contribution in [0.4, 0.5) is 0 Å². The highest BCUT2D eigenvalue weighted by molar-refractivity contribution is 8.01. The van der Waals surface area contributed by atoms with Crippen LogP contribution in [0.3, 0.4) is 0 Å². The maximum Gasteiger partial charge on any atom is 0.221 e. The summed E-state index contributed by atoms with van der Waals surface area (Å²) in [4.78, 5) is 4.09. The maximum absolute atomic E-state index is 11.5. The van der Waals surface area contributed by atoms with Crippen molar-refractivity contribution < 1.29 is 13.2 Å². The SMILES string of the molecule is COc1ccc(-n2nnnc2Sc2ncc(S(C)(=O)=O)s2)cc1. The van der Waals surface area contributed by atoms with Crippen molar-refractivity contribution in [1.29, 1.82) is 0 Å². The molecule has 0 bridgehead atoms. The third kappa shape index (κ3) is 3.51. The van der Waals surface area contributed by atoms with Gasteiger partial charge in [-0.2, -0.15) is 4.68 Å². The standard InChI is InChI=1S/C12H11N5O3S3/c1-20-9-5-3-8(4-6-9)17-11(14-15-16-17)22-12-13-7-10(21-12)23(2,18)19/h3-7H,1-2H3. The van der Waals surface area contributed by atoms with Crippen molar-refractivity contribution in [3.8, 4) is 11.4 Å². The molecule has 23 heavy (non-hydrogen) atoms. The van der Waals surface area contributed by atoms with Crippen LogP contribution < -0.4 is 4.74 Å². The number of benzene rings is 1. The van der Waals surface area contributed by atoms with Gasteiger partial charge in [0.1, 0.15) is 9.96 Å². The van der Waals surface area contributed by atoms with Crippen molar-refractivity contribution in [2.75, 3.05) is 13.4 Å². The highest BCUT2D eigenvalue weighted by atomic mass is 32.2. The Bertz CT molecular complexity index is 918. The van der Waals surface area contributed by atoms with Crippen molar-refractivity contribution >= 4 is 32.9 Å². The Morgan fingerprint density at radius 1 is 1.26 bits per heavy atom. The first-order valence-electron chi connectivity index (χ1n) is 6.24. The number of rotatable bonds is 5. The fraction of sp³-hybridized carbons (Fsp3) is 0.167. The second-order valence-corrected chi connectivity index (χ2v) is 8.88. The summed E-state index contributed by atoms with van der Waals surface area (Å²) >= 11 is 2.28. The first-order valence-corrected chi connectivity index (χ1v) is 9.76. The lowest BCUT2D eigenvalue weighted by Crippen LogP contribution is -1.98. The third-order valence-corrected chi connectivity index (χ3v) is 6.56. The van der Waals surface area contributed by atoms with Gasteiger partial charge in [-0.05, 0) is 46.5 Å². The van der Waals surface area contributed by atoms with E-state index < -0.39 is 9.84 Å². The number of ether oxygens (including phenoxy) is 1. The van der Waals surface area contributed by atoms with Gasteiger partial charge in [0.15, 0.2) is 14.2 Å². The number of thiazole rings is 1. The van der Waals surface area contributed by atoms with Crippen LogP contribution in [0.5, 0.6) is 5.75 Å². The predicted octanol–water partition coefficient (Wildman–Crippen LogP) is 1.68. The van der Waals surface area contributed by atoms with Crippen molar-refractivity contribution in [1.82, 2.24) is 25.2 Å². The molecule has 0 radical (unpaired) electrons. The van der Waals surface area contributed by atoms with E-state index >= 15 is 0 Å². The summed E-state index contributed by atoms with van der Waals surface area (Å²) in [5.74, 6) is 0.730. The molecule has 0 unspecified atom stereocenters. The van der Waals surface area contributed by atoms with Crippen LogP contribution in [0.15, 0.2) is 44.2 Å². The van der Waals surface area contributed by atoms with Crippen LogP contribution in [0.2, 0.25) is 0 Å². The second-order valence-electron chi connectivity index (χ2n) is 4.39. The van der Waals surface area contributed by atoms with Crippen LogP contribution in [-0.4, -0.2) is 47.0 Å². The largest absolute Gasteiger partial charge is 0.497 e. The quantitative estimate of drug-likeness (QED) is 0.670. The highest BCUT2D eigenvalue weighted by Gasteiger charge is 2.16. The lowest BCUT2D eigenvalue weighted by atomic mass is 10.3. The molecule has 0 amide bonds. The minimum absolute atomic E-state index is 0.212. The summed E-state index contributed by atoms with van der Waals surface area (Å²) in [5, 5.41) is 12.1. The zero-order valence-corrected chi connectivity index (χ0v) is 14.5. The van der Waals surface area contributed by atoms with Gasteiger partial charge >= 0.3 is 0 Å². The van der Waals surface area contributed by atoms with Crippen LogP contribution in [0.1, 0.15) is 0 Å². The first-order chi connectivity index (χ1) is 11.0. The van der Waals surface area contributed by atoms with Crippen LogP contribution in [0.25, 0.3) is 5.69 Å². The van der Waals surface area contributed by atoms with Crippen molar-refractivity contribution in [2.24, 2.45) is 0 Å². The lowest BCUT2D eigenvalue weighted by Gasteiger charge is -2.04. The van der Waals surface area contributed by atoms with Gasteiger partial charge in [-0.25, -0.2) is 13.4 Å². The van der Waals surface area contributed by atoms with E-state index in [0.29, 0.717) is 9.50 Å². The highest BCUT2D eigenvalue weighted by Crippen LogP contribution is 2.32. The van der Waals surface area contributed by atoms with Crippen molar-refractivity contribution in [3.05, 3.63) is 30.5 Å². The smallest absolute Gasteiger partial charge is 0.221 e. The molecule has 0 aliphatic rings. The average molecular weight is 369 g/mol. The average Bonchev–Trinajstić information content (AvgIpc) is 3.17. The Labute approximate surface area is 140 Å². The molecular weight excluding hydrogens is 358 g/mol. The van der Waals surface area contributed by atoms with Gasteiger partial charge in [-0.15, -0.1) is 5.10 Å². The monoisotopic (exact) mass is 369 g/mol. The number of tetrazole rings is 1. The number of nitrogens with zero attached hydrogens (tertiary/aromatic N) is 5. The van der Waals surface area contributed by atoms with E-state index in [1.807, 2.05) is 12.1 Å². The minimum Gasteiger partial charge on any atom is -0.497 e. The van der Waals surface area contributed by atoms with Gasteiger partial charge < -0.3 is 4.74 Å². The Kier molecular flexibility index (Phi) is 4.33. The summed E-state index contributed by atoms with van der Waals surface area (Å²) < 4.78 is 30.4. The van der Waals surface area contributed by atoms with Crippen molar-refractivity contribution in [2.45, 2.75) is 13.7 Å². The molecule has 0 spiro atoms. The van der Waals surface area contributed by atoms with E-state index in [0.717, 1.165) is 29.0 Å². The zero-order valence-electron chi connectivity index (χ0n) is 12.1. The summed E-state index contributed by atoms with van der Waals surface area (Å²) in [5.41, 5.74) is 0.762. The molecule has 2 aromatic heterocycles. The molecule has 3 rings (SSSR count). The first kappa shape index (κ1) is 15.9. The second kappa shape index (κ2) is 6.26. The topological polar surface area (TPSA) is 99.9 Å². The molecule has 0 aliphatic heterocycles. The number of hydrogen-bond acceptors (Lipinski definition) is 9. The van der Waals surface area contributed by atoms with Gasteiger partial charge in [0.05, 0.1) is 19.0 Å². The number of methoxy groups -OCH3 is 1. The fourth-order valence-corrected chi connectivity index (χ4v) is 4.52. The summed E-state index contributed by atoms with van der Waals surface area (Å²) in [6.45, 7) is 0. The summed E-state index contributed by atoms with van der Waals surface area (Å²) in [7, 11) is -1.67. The molecule has 0 saturated heterocycles. The molecule has 8 nitrogen and oxygen atoms in total. The van der Waals surface area contributed by atoms with E-state index in [1.165, 1.54) is 18.0 Å². The van der Waals surface area contributed by atoms with E-state index in [2.05, 4.69) is 20.5 Å². The molecule has 0 N–H and O–H groups in total. The molecule has 11 heteroatoms. The van der Waals surface area contributed by atoms with Gasteiger partial charge in [-0.3, -0.25) is 0 Å². The Balaban J connectivity index is 1.87. The van der Waals surface area contributed by atoms with E-state index in [4.69, 9.17) is 4.74 Å². The van der Waals surface area contributed by atoms with Gasteiger partial charge in [0, 0.05) is 6.26 Å². The maximum atomic E-state index is 11.5. The molecule has 120 valence electrons. The van der Waals surface area contributed by atoms with Gasteiger partial charge in [0.25, 0.3) is 0 Å². The molecule has 3 aromatic rings. The Hall–Kier alpha value is -1.98. The molecule has 0 saturated carbocycles. The van der Waals surface area contributed by atoms with Crippen LogP contribution in [-0.2, 0) is 9.84 Å². The number of sulfone groups is 1. The predicted molar refractivity (Wildman–Crippen MR) is 85.1 cm³/mol. The number of aromatic nitrogens is 5. The molecule has 2 heterocycles. The lowest BCUT2D eigenvalue weighted by molar-refractivity contribution is 0.414.